The summed E-state index contributed by atoms with van der Waals surface area (Å²) in [5, 5.41) is 3.47. The fourth-order valence-electron chi connectivity index (χ4n) is 3.32. The molecule has 146 valence electrons. The molecule has 6 nitrogen and oxygen atoms in total. The topological polar surface area (TPSA) is 92.5 Å². The molecule has 1 atom stereocenters. The number of hydrogen-bond acceptors (Lipinski definition) is 3. The van der Waals surface area contributed by atoms with E-state index in [0.717, 1.165) is 18.4 Å². The maximum atomic E-state index is 12.7. The second kappa shape index (κ2) is 8.89. The highest BCUT2D eigenvalue weighted by molar-refractivity contribution is 6.30. The van der Waals surface area contributed by atoms with Crippen molar-refractivity contribution in [1.29, 1.82) is 0 Å². The number of piperidine rings is 1. The normalized spacial score (nSPS) is 16.5. The lowest BCUT2D eigenvalue weighted by Crippen LogP contribution is -2.45. The molecule has 0 spiro atoms. The summed E-state index contributed by atoms with van der Waals surface area (Å²) in [6.45, 7) is 1.32. The van der Waals surface area contributed by atoms with E-state index < -0.39 is 5.91 Å². The highest BCUT2D eigenvalue weighted by Crippen LogP contribution is 2.20. The molecule has 1 fully saturated rings. The average Bonchev–Trinajstić information content (AvgIpc) is 2.72. The van der Waals surface area contributed by atoms with Crippen LogP contribution in [0.3, 0.4) is 0 Å². The standard InChI is InChI=1S/C21H22ClN3O3/c22-18-8-6-15(7-9-18)21(28)25-10-2-5-17(13-25)20(27)24-12-14-3-1-4-16(11-14)19(23)26/h1,3-4,6-9,11,17H,2,5,10,12-13H2,(H2,23,26)(H,24,27). The monoisotopic (exact) mass is 399 g/mol. The first-order valence-electron chi connectivity index (χ1n) is 9.15. The molecule has 7 heteroatoms. The van der Waals surface area contributed by atoms with Crippen molar-refractivity contribution in [3.05, 3.63) is 70.2 Å². The molecule has 28 heavy (non-hydrogen) atoms. The number of hydrogen-bond donors (Lipinski definition) is 2. The number of rotatable bonds is 5. The molecule has 2 aromatic rings. The first-order chi connectivity index (χ1) is 13.4. The zero-order valence-electron chi connectivity index (χ0n) is 15.4. The van der Waals surface area contributed by atoms with Crippen LogP contribution in [0.1, 0.15) is 39.1 Å². The first-order valence-corrected chi connectivity index (χ1v) is 9.53. The molecular formula is C21H22ClN3O3. The lowest BCUT2D eigenvalue weighted by Gasteiger charge is -2.32. The number of halogens is 1. The maximum Gasteiger partial charge on any atom is 0.253 e. The molecule has 3 N–H and O–H groups in total. The molecule has 0 bridgehead atoms. The molecule has 3 amide bonds. The van der Waals surface area contributed by atoms with Gasteiger partial charge in [-0.3, -0.25) is 14.4 Å². The molecule has 0 aliphatic carbocycles. The number of likely N-dealkylation sites (tertiary alicyclic amines) is 1. The number of carbonyl (C=O) groups excluding carboxylic acids is 3. The average molecular weight is 400 g/mol. The van der Waals surface area contributed by atoms with Gasteiger partial charge in [0.15, 0.2) is 0 Å². The number of nitrogens with one attached hydrogen (secondary N) is 1. The number of nitrogens with two attached hydrogens (primary N) is 1. The third-order valence-electron chi connectivity index (χ3n) is 4.85. The zero-order chi connectivity index (χ0) is 20.1. The summed E-state index contributed by atoms with van der Waals surface area (Å²) < 4.78 is 0. The number of primary amides is 1. The molecule has 1 aliphatic rings. The van der Waals surface area contributed by atoms with E-state index in [1.54, 1.807) is 47.4 Å². The zero-order valence-corrected chi connectivity index (χ0v) is 16.1. The highest BCUT2D eigenvalue weighted by atomic mass is 35.5. The predicted molar refractivity (Wildman–Crippen MR) is 107 cm³/mol. The van der Waals surface area contributed by atoms with Crippen molar-refractivity contribution in [2.75, 3.05) is 13.1 Å². The molecular weight excluding hydrogens is 378 g/mol. The van der Waals surface area contributed by atoms with Crippen molar-refractivity contribution in [2.45, 2.75) is 19.4 Å². The Morgan fingerprint density at radius 1 is 1.11 bits per heavy atom. The van der Waals surface area contributed by atoms with Gasteiger partial charge in [0.2, 0.25) is 11.8 Å². The van der Waals surface area contributed by atoms with E-state index in [2.05, 4.69) is 5.32 Å². The van der Waals surface area contributed by atoms with Crippen LogP contribution in [-0.4, -0.2) is 35.7 Å². The van der Waals surface area contributed by atoms with Crippen LogP contribution in [0.2, 0.25) is 5.02 Å². The fraction of sp³-hybridized carbons (Fsp3) is 0.286. The maximum absolute atomic E-state index is 12.7. The number of nitrogens with zero attached hydrogens (tertiary/aromatic N) is 1. The summed E-state index contributed by atoms with van der Waals surface area (Å²) in [5.41, 5.74) is 7.06. The Kier molecular flexibility index (Phi) is 6.31. The van der Waals surface area contributed by atoms with Crippen LogP contribution >= 0.6 is 11.6 Å². The minimum atomic E-state index is -0.503. The summed E-state index contributed by atoms with van der Waals surface area (Å²) in [6.07, 6.45) is 1.51. The van der Waals surface area contributed by atoms with Crippen molar-refractivity contribution in [3.63, 3.8) is 0 Å². The van der Waals surface area contributed by atoms with Gasteiger partial charge in [0, 0.05) is 35.8 Å². The Morgan fingerprint density at radius 2 is 1.86 bits per heavy atom. The summed E-state index contributed by atoms with van der Waals surface area (Å²) in [6, 6.07) is 13.6. The van der Waals surface area contributed by atoms with Gasteiger partial charge >= 0.3 is 0 Å². The van der Waals surface area contributed by atoms with Gasteiger partial charge in [0.1, 0.15) is 0 Å². The molecule has 0 saturated carbocycles. The van der Waals surface area contributed by atoms with Crippen molar-refractivity contribution in [2.24, 2.45) is 11.7 Å². The summed E-state index contributed by atoms with van der Waals surface area (Å²) in [5.74, 6) is -0.956. The van der Waals surface area contributed by atoms with Gasteiger partial charge in [-0.15, -0.1) is 0 Å². The molecule has 0 aromatic heterocycles. The molecule has 1 unspecified atom stereocenters. The van der Waals surface area contributed by atoms with E-state index in [-0.39, 0.29) is 17.7 Å². The third kappa shape index (κ3) is 4.89. The Bertz CT molecular complexity index is 883. The SMILES string of the molecule is NC(=O)c1cccc(CNC(=O)C2CCCN(C(=O)c3ccc(Cl)cc3)C2)c1. The van der Waals surface area contributed by atoms with E-state index >= 15 is 0 Å². The van der Waals surface area contributed by atoms with Crippen LogP contribution < -0.4 is 11.1 Å². The summed E-state index contributed by atoms with van der Waals surface area (Å²) in [7, 11) is 0. The fourth-order valence-corrected chi connectivity index (χ4v) is 3.44. The lowest BCUT2D eigenvalue weighted by molar-refractivity contribution is -0.126. The first kappa shape index (κ1) is 19.9. The van der Waals surface area contributed by atoms with Crippen molar-refractivity contribution >= 4 is 29.3 Å². The van der Waals surface area contributed by atoms with Gasteiger partial charge in [0.25, 0.3) is 5.91 Å². The van der Waals surface area contributed by atoms with Gasteiger partial charge in [0.05, 0.1) is 5.92 Å². The predicted octanol–water partition coefficient (Wildman–Crippen LogP) is 2.61. The van der Waals surface area contributed by atoms with Gasteiger partial charge in [-0.05, 0) is 54.8 Å². The van der Waals surface area contributed by atoms with Crippen LogP contribution in [0.4, 0.5) is 0 Å². The summed E-state index contributed by atoms with van der Waals surface area (Å²) >= 11 is 5.88. The van der Waals surface area contributed by atoms with E-state index in [1.165, 1.54) is 0 Å². The molecule has 3 rings (SSSR count). The van der Waals surface area contributed by atoms with Gasteiger partial charge in [-0.25, -0.2) is 0 Å². The Morgan fingerprint density at radius 3 is 2.57 bits per heavy atom. The second-order valence-corrected chi connectivity index (χ2v) is 7.32. The quantitative estimate of drug-likeness (QED) is 0.809. The minimum absolute atomic E-state index is 0.0941. The van der Waals surface area contributed by atoms with Crippen LogP contribution in [0.25, 0.3) is 0 Å². The van der Waals surface area contributed by atoms with Crippen LogP contribution in [0.15, 0.2) is 48.5 Å². The van der Waals surface area contributed by atoms with E-state index in [4.69, 9.17) is 17.3 Å². The Balaban J connectivity index is 1.58. The van der Waals surface area contributed by atoms with Gasteiger partial charge in [-0.2, -0.15) is 0 Å². The van der Waals surface area contributed by atoms with Crippen molar-refractivity contribution in [1.82, 2.24) is 10.2 Å². The van der Waals surface area contributed by atoms with Crippen LogP contribution in [-0.2, 0) is 11.3 Å². The minimum Gasteiger partial charge on any atom is -0.366 e. The van der Waals surface area contributed by atoms with Crippen molar-refractivity contribution < 1.29 is 14.4 Å². The number of benzene rings is 2. The van der Waals surface area contributed by atoms with E-state index in [9.17, 15) is 14.4 Å². The van der Waals surface area contributed by atoms with Gasteiger partial charge in [-0.1, -0.05) is 23.7 Å². The molecule has 1 aliphatic heterocycles. The van der Waals surface area contributed by atoms with Gasteiger partial charge < -0.3 is 16.0 Å². The molecule has 1 heterocycles. The Hall–Kier alpha value is -2.86. The second-order valence-electron chi connectivity index (χ2n) is 6.88. The molecule has 1 saturated heterocycles. The van der Waals surface area contributed by atoms with Crippen LogP contribution in [0, 0.1) is 5.92 Å². The summed E-state index contributed by atoms with van der Waals surface area (Å²) in [4.78, 5) is 38.2. The number of amides is 3. The number of carbonyl (C=O) groups is 3. The molecule has 2 aromatic carbocycles. The smallest absolute Gasteiger partial charge is 0.253 e. The van der Waals surface area contributed by atoms with E-state index in [1.807, 2.05) is 6.07 Å². The van der Waals surface area contributed by atoms with Crippen LogP contribution in [0.5, 0.6) is 0 Å². The van der Waals surface area contributed by atoms with E-state index in [0.29, 0.717) is 35.8 Å². The molecule has 0 radical (unpaired) electrons. The highest BCUT2D eigenvalue weighted by Gasteiger charge is 2.28. The largest absolute Gasteiger partial charge is 0.366 e. The lowest BCUT2D eigenvalue weighted by atomic mass is 9.96. The third-order valence-corrected chi connectivity index (χ3v) is 5.10. The van der Waals surface area contributed by atoms with Crippen molar-refractivity contribution in [3.8, 4) is 0 Å². The Labute approximate surface area is 168 Å².